The number of Topliss-reactive ketones (excluding diaryl/α,β-unsaturated/α-hetero) is 1. The quantitative estimate of drug-likeness (QED) is 0.361. The number of para-hydroxylation sites is 1. The van der Waals surface area contributed by atoms with Crippen molar-refractivity contribution in [2.45, 2.75) is 39.0 Å². The van der Waals surface area contributed by atoms with Gasteiger partial charge in [-0.25, -0.2) is 0 Å². The predicted molar refractivity (Wildman–Crippen MR) is 139 cm³/mol. The summed E-state index contributed by atoms with van der Waals surface area (Å²) < 4.78 is 5.91. The zero-order valence-corrected chi connectivity index (χ0v) is 21.1. The molecule has 0 N–H and O–H groups in total. The van der Waals surface area contributed by atoms with E-state index in [2.05, 4.69) is 13.8 Å². The molecule has 0 aromatic heterocycles. The number of amides is 1. The lowest BCUT2D eigenvalue weighted by Gasteiger charge is -2.43. The van der Waals surface area contributed by atoms with Crippen LogP contribution in [0.5, 0.6) is 11.5 Å². The molecule has 0 spiro atoms. The van der Waals surface area contributed by atoms with Crippen molar-refractivity contribution in [2.75, 3.05) is 4.90 Å². The van der Waals surface area contributed by atoms with Gasteiger partial charge in [-0.1, -0.05) is 61.3 Å². The van der Waals surface area contributed by atoms with Gasteiger partial charge in [-0.3, -0.25) is 14.5 Å². The fourth-order valence-corrected chi connectivity index (χ4v) is 5.75. The Labute approximate surface area is 215 Å². The van der Waals surface area contributed by atoms with Crippen molar-refractivity contribution < 1.29 is 14.3 Å². The maximum atomic E-state index is 13.6. The molecule has 3 aromatic rings. The molecule has 4 nitrogen and oxygen atoms in total. The van der Waals surface area contributed by atoms with Gasteiger partial charge < -0.3 is 4.74 Å². The Hall–Kier alpha value is -3.08. The third kappa shape index (κ3) is 4.61. The number of carbonyl (C=O) groups excluding carboxylic acids is 2. The summed E-state index contributed by atoms with van der Waals surface area (Å²) in [7, 11) is 0. The average molecular weight is 506 g/mol. The van der Waals surface area contributed by atoms with Crippen molar-refractivity contribution in [2.24, 2.45) is 5.41 Å². The molecular formula is C29H25Cl2NO3. The van der Waals surface area contributed by atoms with E-state index in [4.69, 9.17) is 27.9 Å². The van der Waals surface area contributed by atoms with Crippen molar-refractivity contribution in [3.05, 3.63) is 99.7 Å². The van der Waals surface area contributed by atoms with E-state index in [9.17, 15) is 9.59 Å². The Kier molecular flexibility index (Phi) is 6.20. The summed E-state index contributed by atoms with van der Waals surface area (Å²) in [6, 6.07) is 22.2. The predicted octanol–water partition coefficient (Wildman–Crippen LogP) is 7.95. The third-order valence-electron chi connectivity index (χ3n) is 6.56. The summed E-state index contributed by atoms with van der Waals surface area (Å²) in [6.45, 7) is 4.11. The van der Waals surface area contributed by atoms with Crippen LogP contribution in [0.4, 0.5) is 5.69 Å². The number of allylic oxidation sites excluding steroid dienone is 2. The van der Waals surface area contributed by atoms with E-state index < -0.39 is 5.92 Å². The molecule has 1 atom stereocenters. The number of carbonyl (C=O) groups is 2. The van der Waals surface area contributed by atoms with Crippen LogP contribution in [0.15, 0.2) is 84.1 Å². The van der Waals surface area contributed by atoms with Gasteiger partial charge in [-0.15, -0.1) is 0 Å². The van der Waals surface area contributed by atoms with Gasteiger partial charge in [0.05, 0.1) is 0 Å². The molecule has 0 radical (unpaired) electrons. The van der Waals surface area contributed by atoms with Crippen LogP contribution in [0.2, 0.25) is 10.0 Å². The molecule has 1 amide bonds. The SMILES string of the molecule is CC1(C)CC(=O)C2=C(C1)N(c1ccc(Oc3ccccc3)cc1)C(=O)CC2c1c(Cl)cccc1Cl. The second kappa shape index (κ2) is 9.18. The molecule has 1 heterocycles. The third-order valence-corrected chi connectivity index (χ3v) is 7.22. The van der Waals surface area contributed by atoms with Gasteiger partial charge in [0, 0.05) is 45.8 Å². The van der Waals surface area contributed by atoms with Gasteiger partial charge in [0.15, 0.2) is 5.78 Å². The fraction of sp³-hybridized carbons (Fsp3) is 0.241. The highest BCUT2D eigenvalue weighted by atomic mass is 35.5. The first kappa shape index (κ1) is 23.7. The van der Waals surface area contributed by atoms with Crippen LogP contribution >= 0.6 is 23.2 Å². The molecule has 1 unspecified atom stereocenters. The zero-order valence-electron chi connectivity index (χ0n) is 19.6. The Bertz CT molecular complexity index is 1310. The van der Waals surface area contributed by atoms with Crippen molar-refractivity contribution >= 4 is 40.6 Å². The van der Waals surface area contributed by atoms with E-state index in [-0.39, 0.29) is 23.5 Å². The molecule has 178 valence electrons. The number of ketones is 1. The maximum absolute atomic E-state index is 13.6. The molecule has 0 fully saturated rings. The first-order valence-electron chi connectivity index (χ1n) is 11.6. The minimum atomic E-state index is -0.459. The molecule has 5 rings (SSSR count). The summed E-state index contributed by atoms with van der Waals surface area (Å²) in [5, 5.41) is 0.936. The normalized spacial score (nSPS) is 19.5. The van der Waals surface area contributed by atoms with Gasteiger partial charge in [0.25, 0.3) is 0 Å². The van der Waals surface area contributed by atoms with Gasteiger partial charge in [0.1, 0.15) is 11.5 Å². The monoisotopic (exact) mass is 505 g/mol. The van der Waals surface area contributed by atoms with Crippen LogP contribution in [-0.4, -0.2) is 11.7 Å². The van der Waals surface area contributed by atoms with Crippen LogP contribution in [0.1, 0.15) is 44.6 Å². The zero-order chi connectivity index (χ0) is 24.7. The Morgan fingerprint density at radius 1 is 0.829 bits per heavy atom. The Balaban J connectivity index is 1.57. The number of anilines is 1. The first-order chi connectivity index (χ1) is 16.7. The maximum Gasteiger partial charge on any atom is 0.232 e. The number of ether oxygens (including phenoxy) is 1. The first-order valence-corrected chi connectivity index (χ1v) is 12.4. The topological polar surface area (TPSA) is 46.6 Å². The number of hydrogen-bond donors (Lipinski definition) is 0. The number of rotatable bonds is 4. The summed E-state index contributed by atoms with van der Waals surface area (Å²) in [5.74, 6) is 0.891. The lowest BCUT2D eigenvalue weighted by Crippen LogP contribution is -2.43. The van der Waals surface area contributed by atoms with Crippen molar-refractivity contribution in [3.8, 4) is 11.5 Å². The summed E-state index contributed by atoms with van der Waals surface area (Å²) in [6.07, 6.45) is 1.13. The van der Waals surface area contributed by atoms with Crippen LogP contribution in [0.3, 0.4) is 0 Å². The number of nitrogens with zero attached hydrogens (tertiary/aromatic N) is 1. The molecule has 0 bridgehead atoms. The minimum absolute atomic E-state index is 0.0405. The number of hydrogen-bond acceptors (Lipinski definition) is 3. The van der Waals surface area contributed by atoms with Crippen molar-refractivity contribution in [1.82, 2.24) is 0 Å². The average Bonchev–Trinajstić information content (AvgIpc) is 2.79. The standard InChI is InChI=1S/C29H25Cl2NO3/c1-29(2)16-24-28(25(33)17-29)21(27-22(30)9-6-10-23(27)31)15-26(34)32(24)18-11-13-20(14-12-18)35-19-7-4-3-5-8-19/h3-14,21H,15-17H2,1-2H3. The van der Waals surface area contributed by atoms with Crippen molar-refractivity contribution in [3.63, 3.8) is 0 Å². The lowest BCUT2D eigenvalue weighted by molar-refractivity contribution is -0.121. The molecule has 2 aliphatic rings. The second-order valence-electron chi connectivity index (χ2n) is 9.83. The summed E-state index contributed by atoms with van der Waals surface area (Å²) >= 11 is 13.1. The van der Waals surface area contributed by atoms with E-state index in [1.807, 2.05) is 54.6 Å². The Morgan fingerprint density at radius 3 is 2.11 bits per heavy atom. The fourth-order valence-electron chi connectivity index (χ4n) is 5.09. The van der Waals surface area contributed by atoms with Crippen LogP contribution < -0.4 is 9.64 Å². The van der Waals surface area contributed by atoms with E-state index in [1.165, 1.54) is 0 Å². The second-order valence-corrected chi connectivity index (χ2v) is 10.6. The molecular weight excluding hydrogens is 481 g/mol. The van der Waals surface area contributed by atoms with Crippen LogP contribution in [-0.2, 0) is 9.59 Å². The van der Waals surface area contributed by atoms with Crippen molar-refractivity contribution in [1.29, 1.82) is 0 Å². The molecule has 3 aromatic carbocycles. The molecule has 0 saturated heterocycles. The van der Waals surface area contributed by atoms with Crippen LogP contribution in [0, 0.1) is 5.41 Å². The summed E-state index contributed by atoms with van der Waals surface area (Å²) in [5.41, 5.74) is 2.47. The molecule has 0 saturated carbocycles. The largest absolute Gasteiger partial charge is 0.457 e. The lowest BCUT2D eigenvalue weighted by atomic mass is 9.69. The van der Waals surface area contributed by atoms with E-state index in [0.717, 1.165) is 11.4 Å². The number of halogens is 2. The molecule has 1 aliphatic heterocycles. The van der Waals surface area contributed by atoms with E-state index in [1.54, 1.807) is 23.1 Å². The highest BCUT2D eigenvalue weighted by Crippen LogP contribution is 2.50. The minimum Gasteiger partial charge on any atom is -0.457 e. The van der Waals surface area contributed by atoms with Gasteiger partial charge in [-0.05, 0) is 65.9 Å². The molecule has 35 heavy (non-hydrogen) atoms. The Morgan fingerprint density at radius 2 is 1.46 bits per heavy atom. The highest BCUT2D eigenvalue weighted by Gasteiger charge is 2.45. The van der Waals surface area contributed by atoms with Crippen LogP contribution in [0.25, 0.3) is 0 Å². The van der Waals surface area contributed by atoms with E-state index in [0.29, 0.717) is 45.5 Å². The molecule has 1 aliphatic carbocycles. The number of benzene rings is 3. The van der Waals surface area contributed by atoms with Gasteiger partial charge in [0.2, 0.25) is 5.91 Å². The van der Waals surface area contributed by atoms with Gasteiger partial charge >= 0.3 is 0 Å². The summed E-state index contributed by atoms with van der Waals surface area (Å²) in [4.78, 5) is 28.8. The van der Waals surface area contributed by atoms with E-state index >= 15 is 0 Å². The smallest absolute Gasteiger partial charge is 0.232 e. The highest BCUT2D eigenvalue weighted by molar-refractivity contribution is 6.36. The van der Waals surface area contributed by atoms with Gasteiger partial charge in [-0.2, -0.15) is 0 Å². The molecule has 6 heteroatoms.